The first kappa shape index (κ1) is 12.6. The van der Waals surface area contributed by atoms with Gasteiger partial charge in [-0.2, -0.15) is 18.3 Å². The van der Waals surface area contributed by atoms with Crippen LogP contribution in [0.3, 0.4) is 0 Å². The minimum atomic E-state index is -4.44. The second kappa shape index (κ2) is 4.59. The summed E-state index contributed by atoms with van der Waals surface area (Å²) in [4.78, 5) is 0. The fourth-order valence-corrected chi connectivity index (χ4v) is 1.00. The van der Waals surface area contributed by atoms with Gasteiger partial charge < -0.3 is 4.74 Å². The number of hydrogen-bond donors (Lipinski definition) is 0. The van der Waals surface area contributed by atoms with Gasteiger partial charge in [-0.15, -0.1) is 0 Å². The molecule has 0 aliphatic heterocycles. The van der Waals surface area contributed by atoms with Gasteiger partial charge in [0.25, 0.3) is 0 Å². The molecule has 1 heterocycles. The average molecular weight is 234 g/mol. The van der Waals surface area contributed by atoms with Crippen molar-refractivity contribution in [1.82, 2.24) is 9.78 Å². The molecule has 0 atom stereocenters. The molecule has 0 saturated carbocycles. The van der Waals surface area contributed by atoms with Crippen molar-refractivity contribution in [2.75, 3.05) is 6.61 Å². The molecule has 0 bridgehead atoms. The van der Waals surface area contributed by atoms with Crippen LogP contribution in [0.5, 0.6) is 5.88 Å². The third-order valence-electron chi connectivity index (χ3n) is 2.05. The molecule has 0 unspecified atom stereocenters. The van der Waals surface area contributed by atoms with Gasteiger partial charge in [-0.05, 0) is 12.0 Å². The Morgan fingerprint density at radius 2 is 2.19 bits per heavy atom. The van der Waals surface area contributed by atoms with Crippen molar-refractivity contribution in [3.8, 4) is 5.88 Å². The van der Waals surface area contributed by atoms with E-state index < -0.39 is 11.9 Å². The van der Waals surface area contributed by atoms with Crippen molar-refractivity contribution in [2.24, 2.45) is 7.05 Å². The SMILES string of the molecule is C=C(CC)COc1cc(C(F)(F)F)nn1C. The molecule has 0 saturated heterocycles. The minimum absolute atomic E-state index is 0.0851. The molecule has 0 amide bonds. The molecule has 0 fully saturated rings. The van der Waals surface area contributed by atoms with Crippen LogP contribution in [0.2, 0.25) is 0 Å². The monoisotopic (exact) mass is 234 g/mol. The first-order valence-electron chi connectivity index (χ1n) is 4.75. The maximum Gasteiger partial charge on any atom is 0.435 e. The molecule has 6 heteroatoms. The Labute approximate surface area is 91.5 Å². The van der Waals surface area contributed by atoms with Gasteiger partial charge in [0, 0.05) is 13.1 Å². The molecule has 0 N–H and O–H groups in total. The standard InChI is InChI=1S/C10H13F3N2O/c1-4-7(2)6-16-9-5-8(10(11,12)13)14-15(9)3/h5H,2,4,6H2,1,3H3. The lowest BCUT2D eigenvalue weighted by Crippen LogP contribution is -2.06. The molecule has 0 spiro atoms. The van der Waals surface area contributed by atoms with Gasteiger partial charge in [0.15, 0.2) is 5.69 Å². The lowest BCUT2D eigenvalue weighted by Gasteiger charge is -2.05. The van der Waals surface area contributed by atoms with Crippen LogP contribution in [0.1, 0.15) is 19.0 Å². The molecule has 1 rings (SSSR count). The molecule has 1 aromatic heterocycles. The van der Waals surface area contributed by atoms with E-state index in [0.29, 0.717) is 0 Å². The predicted octanol–water partition coefficient (Wildman–Crippen LogP) is 2.78. The van der Waals surface area contributed by atoms with E-state index in [4.69, 9.17) is 4.74 Å². The Morgan fingerprint density at radius 1 is 1.56 bits per heavy atom. The zero-order chi connectivity index (χ0) is 12.3. The van der Waals surface area contributed by atoms with Crippen LogP contribution in [-0.2, 0) is 13.2 Å². The number of halogens is 3. The Bertz CT molecular complexity index is 382. The summed E-state index contributed by atoms with van der Waals surface area (Å²) in [6.07, 6.45) is -3.72. The van der Waals surface area contributed by atoms with E-state index in [1.54, 1.807) is 0 Å². The summed E-state index contributed by atoms with van der Waals surface area (Å²) in [6, 6.07) is 0.878. The number of rotatable bonds is 4. The lowest BCUT2D eigenvalue weighted by molar-refractivity contribution is -0.141. The normalized spacial score (nSPS) is 11.6. The van der Waals surface area contributed by atoms with E-state index in [-0.39, 0.29) is 12.5 Å². The van der Waals surface area contributed by atoms with Crippen molar-refractivity contribution >= 4 is 0 Å². The summed E-state index contributed by atoms with van der Waals surface area (Å²) in [6.45, 7) is 5.80. The van der Waals surface area contributed by atoms with E-state index in [0.717, 1.165) is 22.7 Å². The molecule has 1 aromatic rings. The Morgan fingerprint density at radius 3 is 2.62 bits per heavy atom. The van der Waals surface area contributed by atoms with Gasteiger partial charge in [-0.3, -0.25) is 0 Å². The van der Waals surface area contributed by atoms with Crippen molar-refractivity contribution in [3.05, 3.63) is 23.9 Å². The fraction of sp³-hybridized carbons (Fsp3) is 0.500. The van der Waals surface area contributed by atoms with E-state index >= 15 is 0 Å². The van der Waals surface area contributed by atoms with Crippen molar-refractivity contribution in [1.29, 1.82) is 0 Å². The molecule has 0 radical (unpaired) electrons. The number of aromatic nitrogens is 2. The number of hydrogen-bond acceptors (Lipinski definition) is 2. The highest BCUT2D eigenvalue weighted by Crippen LogP contribution is 2.30. The summed E-state index contributed by atoms with van der Waals surface area (Å²) < 4.78 is 43.1. The van der Waals surface area contributed by atoms with E-state index in [9.17, 15) is 13.2 Å². The van der Waals surface area contributed by atoms with Crippen molar-refractivity contribution < 1.29 is 17.9 Å². The quantitative estimate of drug-likeness (QED) is 0.749. The van der Waals surface area contributed by atoms with E-state index in [1.165, 1.54) is 7.05 Å². The smallest absolute Gasteiger partial charge is 0.435 e. The van der Waals surface area contributed by atoms with Crippen LogP contribution < -0.4 is 4.74 Å². The van der Waals surface area contributed by atoms with Crippen LogP contribution >= 0.6 is 0 Å². The second-order valence-electron chi connectivity index (χ2n) is 3.38. The van der Waals surface area contributed by atoms with Crippen molar-refractivity contribution in [2.45, 2.75) is 19.5 Å². The minimum Gasteiger partial charge on any atom is -0.473 e. The third-order valence-corrected chi connectivity index (χ3v) is 2.05. The number of aryl methyl sites for hydroxylation is 1. The topological polar surface area (TPSA) is 27.1 Å². The Balaban J connectivity index is 2.75. The molecule has 90 valence electrons. The van der Waals surface area contributed by atoms with Gasteiger partial charge in [0.1, 0.15) is 6.61 Å². The van der Waals surface area contributed by atoms with Crippen LogP contribution in [0.25, 0.3) is 0 Å². The van der Waals surface area contributed by atoms with Crippen LogP contribution in [0.15, 0.2) is 18.2 Å². The summed E-state index contributed by atoms with van der Waals surface area (Å²) in [5, 5.41) is 3.32. The number of ether oxygens (including phenoxy) is 1. The Kier molecular flexibility index (Phi) is 3.62. The van der Waals surface area contributed by atoms with Gasteiger partial charge >= 0.3 is 6.18 Å². The first-order valence-corrected chi connectivity index (χ1v) is 4.75. The molecular formula is C10H13F3N2O. The highest BCUT2D eigenvalue weighted by molar-refractivity contribution is 5.18. The first-order chi connectivity index (χ1) is 7.34. The highest BCUT2D eigenvalue weighted by atomic mass is 19.4. The Hall–Kier alpha value is -1.46. The van der Waals surface area contributed by atoms with Crippen LogP contribution in [0, 0.1) is 0 Å². The highest BCUT2D eigenvalue weighted by Gasteiger charge is 2.34. The molecular weight excluding hydrogens is 221 g/mol. The molecule has 16 heavy (non-hydrogen) atoms. The van der Waals surface area contributed by atoms with E-state index in [2.05, 4.69) is 11.7 Å². The van der Waals surface area contributed by atoms with Gasteiger partial charge in [-0.1, -0.05) is 13.5 Å². The summed E-state index contributed by atoms with van der Waals surface area (Å²) in [5.74, 6) is 0.0851. The number of alkyl halides is 3. The van der Waals surface area contributed by atoms with Crippen LogP contribution in [-0.4, -0.2) is 16.4 Å². The summed E-state index contributed by atoms with van der Waals surface area (Å²) in [5.41, 5.74) is -0.137. The second-order valence-corrected chi connectivity index (χ2v) is 3.38. The van der Waals surface area contributed by atoms with Crippen molar-refractivity contribution in [3.63, 3.8) is 0 Å². The maximum absolute atomic E-state index is 12.3. The predicted molar refractivity (Wildman–Crippen MR) is 53.1 cm³/mol. The molecule has 0 aliphatic rings. The fourth-order valence-electron chi connectivity index (χ4n) is 1.00. The lowest BCUT2D eigenvalue weighted by atomic mass is 10.2. The molecule has 3 nitrogen and oxygen atoms in total. The average Bonchev–Trinajstić information content (AvgIpc) is 2.56. The summed E-state index contributed by atoms with van der Waals surface area (Å²) in [7, 11) is 1.40. The maximum atomic E-state index is 12.3. The zero-order valence-electron chi connectivity index (χ0n) is 9.14. The molecule has 0 aliphatic carbocycles. The van der Waals surface area contributed by atoms with Gasteiger partial charge in [0.05, 0.1) is 0 Å². The number of nitrogens with zero attached hydrogens (tertiary/aromatic N) is 2. The summed E-state index contributed by atoms with van der Waals surface area (Å²) >= 11 is 0. The zero-order valence-corrected chi connectivity index (χ0v) is 9.14. The third kappa shape index (κ3) is 3.01. The van der Waals surface area contributed by atoms with Crippen LogP contribution in [0.4, 0.5) is 13.2 Å². The van der Waals surface area contributed by atoms with E-state index in [1.807, 2.05) is 6.92 Å². The largest absolute Gasteiger partial charge is 0.473 e. The molecule has 0 aromatic carbocycles. The van der Waals surface area contributed by atoms with Gasteiger partial charge in [0.2, 0.25) is 5.88 Å². The van der Waals surface area contributed by atoms with Gasteiger partial charge in [-0.25, -0.2) is 4.68 Å².